The molecule has 2 atom stereocenters. The van der Waals surface area contributed by atoms with Crippen molar-refractivity contribution in [1.82, 2.24) is 9.78 Å². The van der Waals surface area contributed by atoms with Crippen LogP contribution in [0.2, 0.25) is 0 Å². The topological polar surface area (TPSA) is 93.2 Å². The van der Waals surface area contributed by atoms with Crippen LogP contribution < -0.4 is 5.32 Å². The third-order valence-corrected chi connectivity index (χ3v) is 4.18. The summed E-state index contributed by atoms with van der Waals surface area (Å²) in [7, 11) is 1.67. The summed E-state index contributed by atoms with van der Waals surface area (Å²) < 4.78 is 1.49. The van der Waals surface area contributed by atoms with Crippen LogP contribution in [0.1, 0.15) is 19.5 Å². The number of thioether (sulfide) groups is 1. The van der Waals surface area contributed by atoms with Crippen LogP contribution in [0, 0.1) is 10.1 Å². The Kier molecular flexibility index (Phi) is 5.61. The van der Waals surface area contributed by atoms with Crippen LogP contribution in [-0.4, -0.2) is 44.0 Å². The first-order chi connectivity index (χ1) is 8.96. The molecular weight excluding hydrogens is 268 g/mol. The summed E-state index contributed by atoms with van der Waals surface area (Å²) in [5, 5.41) is 27.6. The molecule has 0 bridgehead atoms. The van der Waals surface area contributed by atoms with Crippen LogP contribution in [0.3, 0.4) is 0 Å². The lowest BCUT2D eigenvalue weighted by Crippen LogP contribution is -2.32. The molecule has 0 aliphatic heterocycles. The van der Waals surface area contributed by atoms with Gasteiger partial charge in [-0.3, -0.25) is 10.1 Å². The molecule has 1 rings (SSSR count). The Bertz CT molecular complexity index is 445. The van der Waals surface area contributed by atoms with Crippen LogP contribution in [0.4, 0.5) is 11.5 Å². The van der Waals surface area contributed by atoms with Gasteiger partial charge < -0.3 is 10.4 Å². The number of nitrogens with one attached hydrogen (secondary N) is 1. The number of hydrogen-bond acceptors (Lipinski definition) is 6. The first-order valence-electron chi connectivity index (χ1n) is 6.06. The molecule has 0 saturated heterocycles. The van der Waals surface area contributed by atoms with Gasteiger partial charge in [-0.2, -0.15) is 16.9 Å². The molecule has 0 amide bonds. The van der Waals surface area contributed by atoms with E-state index in [2.05, 4.69) is 10.4 Å². The molecule has 108 valence electrons. The number of aliphatic hydroxyl groups excluding tert-OH is 1. The van der Waals surface area contributed by atoms with E-state index in [1.807, 2.05) is 20.1 Å². The fraction of sp³-hybridized carbons (Fsp3) is 0.727. The third-order valence-electron chi connectivity index (χ3n) is 3.01. The Morgan fingerprint density at radius 1 is 1.63 bits per heavy atom. The Labute approximate surface area is 116 Å². The zero-order chi connectivity index (χ0) is 14.6. The molecule has 0 aromatic carbocycles. The summed E-state index contributed by atoms with van der Waals surface area (Å²) in [4.78, 5) is 10.8. The molecule has 0 aliphatic carbocycles. The Balaban J connectivity index is 3.06. The summed E-state index contributed by atoms with van der Waals surface area (Å²) in [5.74, 6) is 0.391. The Morgan fingerprint density at radius 3 is 2.68 bits per heavy atom. The van der Waals surface area contributed by atoms with Crippen molar-refractivity contribution in [3.05, 3.63) is 15.8 Å². The van der Waals surface area contributed by atoms with Gasteiger partial charge in [-0.25, -0.2) is 4.68 Å². The van der Waals surface area contributed by atoms with Crippen LogP contribution in [0.25, 0.3) is 0 Å². The average Bonchev–Trinajstić information content (AvgIpc) is 2.67. The lowest BCUT2D eigenvalue weighted by Gasteiger charge is -2.21. The quantitative estimate of drug-likeness (QED) is 0.582. The van der Waals surface area contributed by atoms with Gasteiger partial charge in [-0.05, 0) is 19.6 Å². The molecule has 8 heteroatoms. The highest BCUT2D eigenvalue weighted by Gasteiger charge is 2.28. The van der Waals surface area contributed by atoms with Gasteiger partial charge >= 0.3 is 5.69 Å². The normalized spacial score (nSPS) is 14.2. The number of anilines is 1. The smallest absolute Gasteiger partial charge is 0.333 e. The molecule has 7 nitrogen and oxygen atoms in total. The molecule has 1 aromatic heterocycles. The summed E-state index contributed by atoms with van der Waals surface area (Å²) >= 11 is 1.52. The lowest BCUT2D eigenvalue weighted by atomic mass is 10.2. The van der Waals surface area contributed by atoms with Crippen LogP contribution in [0.5, 0.6) is 0 Å². The molecule has 2 unspecified atom stereocenters. The summed E-state index contributed by atoms with van der Waals surface area (Å²) in [6, 6.07) is -0.0983. The van der Waals surface area contributed by atoms with E-state index in [-0.39, 0.29) is 23.6 Å². The molecule has 0 radical (unpaired) electrons. The van der Waals surface area contributed by atoms with Crippen molar-refractivity contribution in [2.24, 2.45) is 7.05 Å². The number of aryl methyl sites for hydroxylation is 2. The highest BCUT2D eigenvalue weighted by atomic mass is 32.2. The number of hydrogen-bond donors (Lipinski definition) is 2. The maximum absolute atomic E-state index is 11.2. The number of aromatic nitrogens is 2. The molecule has 0 fully saturated rings. The first-order valence-corrected chi connectivity index (χ1v) is 7.35. The van der Waals surface area contributed by atoms with Gasteiger partial charge in [-0.15, -0.1) is 0 Å². The number of nitro groups is 1. The predicted octanol–water partition coefficient (Wildman–Crippen LogP) is 1.41. The minimum absolute atomic E-state index is 0.0155. The average molecular weight is 288 g/mol. The van der Waals surface area contributed by atoms with E-state index in [4.69, 9.17) is 0 Å². The van der Waals surface area contributed by atoms with Gasteiger partial charge in [0.05, 0.1) is 11.5 Å². The van der Waals surface area contributed by atoms with Crippen molar-refractivity contribution in [1.29, 1.82) is 0 Å². The van der Waals surface area contributed by atoms with E-state index in [1.54, 1.807) is 7.05 Å². The second-order valence-corrected chi connectivity index (χ2v) is 5.34. The number of aliphatic hydroxyl groups is 1. The largest absolute Gasteiger partial charge is 0.395 e. The fourth-order valence-corrected chi connectivity index (χ4v) is 2.53. The monoisotopic (exact) mass is 288 g/mol. The Morgan fingerprint density at radius 2 is 2.26 bits per heavy atom. The van der Waals surface area contributed by atoms with Crippen molar-refractivity contribution in [2.45, 2.75) is 31.6 Å². The molecule has 0 aliphatic rings. The van der Waals surface area contributed by atoms with Gasteiger partial charge in [0.1, 0.15) is 5.69 Å². The standard InChI is InChI=1S/C11H20N4O3S/c1-5-8-10(15(17)18)11(14(3)13-8)12-7(2)9(6-16)19-4/h7,9,12,16H,5-6H2,1-4H3. The van der Waals surface area contributed by atoms with E-state index in [1.165, 1.54) is 16.4 Å². The SMILES string of the molecule is CCc1nn(C)c(NC(C)C(CO)SC)c1[N+](=O)[O-]. The van der Waals surface area contributed by atoms with E-state index in [9.17, 15) is 15.2 Å². The number of rotatable bonds is 7. The zero-order valence-corrected chi connectivity index (χ0v) is 12.4. The lowest BCUT2D eigenvalue weighted by molar-refractivity contribution is -0.384. The maximum atomic E-state index is 11.2. The zero-order valence-electron chi connectivity index (χ0n) is 11.6. The molecule has 1 aromatic rings. The van der Waals surface area contributed by atoms with Crippen LogP contribution in [-0.2, 0) is 13.5 Å². The van der Waals surface area contributed by atoms with E-state index in [0.717, 1.165) is 0 Å². The van der Waals surface area contributed by atoms with E-state index >= 15 is 0 Å². The highest BCUT2D eigenvalue weighted by Crippen LogP contribution is 2.29. The first kappa shape index (κ1) is 15.8. The van der Waals surface area contributed by atoms with E-state index < -0.39 is 4.92 Å². The second kappa shape index (κ2) is 6.76. The molecule has 2 N–H and O–H groups in total. The van der Waals surface area contributed by atoms with Crippen LogP contribution in [0.15, 0.2) is 0 Å². The second-order valence-electron chi connectivity index (χ2n) is 4.27. The maximum Gasteiger partial charge on any atom is 0.333 e. The van der Waals surface area contributed by atoms with Gasteiger partial charge in [0.15, 0.2) is 0 Å². The molecule has 0 saturated carbocycles. The van der Waals surface area contributed by atoms with Crippen LogP contribution >= 0.6 is 11.8 Å². The summed E-state index contributed by atoms with van der Waals surface area (Å²) in [5.41, 5.74) is 0.488. The number of nitrogens with zero attached hydrogens (tertiary/aromatic N) is 3. The van der Waals surface area contributed by atoms with Crippen molar-refractivity contribution in [3.8, 4) is 0 Å². The van der Waals surface area contributed by atoms with Crippen molar-refractivity contribution >= 4 is 23.3 Å². The van der Waals surface area contributed by atoms with Crippen molar-refractivity contribution < 1.29 is 10.0 Å². The molecule has 1 heterocycles. The van der Waals surface area contributed by atoms with Gasteiger partial charge in [-0.1, -0.05) is 6.92 Å². The minimum atomic E-state index is -0.409. The van der Waals surface area contributed by atoms with Gasteiger partial charge in [0.2, 0.25) is 5.82 Å². The fourth-order valence-electron chi connectivity index (χ4n) is 1.91. The highest BCUT2D eigenvalue weighted by molar-refractivity contribution is 7.99. The third kappa shape index (κ3) is 3.38. The summed E-state index contributed by atoms with van der Waals surface area (Å²) in [6.07, 6.45) is 2.40. The van der Waals surface area contributed by atoms with Crippen molar-refractivity contribution in [3.63, 3.8) is 0 Å². The molecule has 0 spiro atoms. The van der Waals surface area contributed by atoms with Crippen molar-refractivity contribution in [2.75, 3.05) is 18.2 Å². The molecular formula is C11H20N4O3S. The Hall–Kier alpha value is -1.28. The van der Waals surface area contributed by atoms with E-state index in [0.29, 0.717) is 17.9 Å². The van der Waals surface area contributed by atoms with Gasteiger partial charge in [0, 0.05) is 18.3 Å². The summed E-state index contributed by atoms with van der Waals surface area (Å²) in [6.45, 7) is 3.74. The minimum Gasteiger partial charge on any atom is -0.395 e. The molecule has 19 heavy (non-hydrogen) atoms. The predicted molar refractivity (Wildman–Crippen MR) is 76.7 cm³/mol. The van der Waals surface area contributed by atoms with Gasteiger partial charge in [0.25, 0.3) is 0 Å².